The van der Waals surface area contributed by atoms with Crippen molar-refractivity contribution < 1.29 is 22.8 Å². The summed E-state index contributed by atoms with van der Waals surface area (Å²) in [5, 5.41) is 3.69. The van der Waals surface area contributed by atoms with E-state index in [-0.39, 0.29) is 29.8 Å². The standard InChI is InChI=1S/C26H34F3N5O2.C3H8/c1-2-3-11-33-12-9-21(6-7-24(33)35)31-22-5-4-19(17-22)25(36)34-15-13-32(14-16-34)23-18-20(8-10-30-23)26(27,28)29;1-3-2/h8,10,18-19,21-22,31H,4-7,9,11-17H2,1H3;3H2,1-2H3. The summed E-state index contributed by atoms with van der Waals surface area (Å²) in [7, 11) is 0. The minimum Gasteiger partial charge on any atom is -0.353 e. The maximum absolute atomic E-state index is 13.2. The molecule has 0 radical (unpaired) electrons. The third kappa shape index (κ3) is 8.85. The Hall–Kier alpha value is -2.80. The van der Waals surface area contributed by atoms with Crippen molar-refractivity contribution in [2.75, 3.05) is 44.2 Å². The lowest BCUT2D eigenvalue weighted by Gasteiger charge is -2.36. The number of anilines is 1. The number of carbonyl (C=O) groups excluding carboxylic acids is 2. The quantitative estimate of drug-likeness (QED) is 0.554. The number of carbonyl (C=O) groups is 2. The highest BCUT2D eigenvalue weighted by Crippen LogP contribution is 2.32. The number of hydrogen-bond donors (Lipinski definition) is 1. The van der Waals surface area contributed by atoms with Gasteiger partial charge < -0.3 is 20.0 Å². The number of amides is 2. The molecule has 1 aromatic rings. The van der Waals surface area contributed by atoms with Crippen molar-refractivity contribution >= 4 is 17.6 Å². The van der Waals surface area contributed by atoms with E-state index in [0.717, 1.165) is 44.2 Å². The molecule has 0 bridgehead atoms. The summed E-state index contributed by atoms with van der Waals surface area (Å²) in [5.41, 5.74) is -0.712. The molecule has 1 N–H and O–H groups in total. The average molecular weight is 550 g/mol. The van der Waals surface area contributed by atoms with Crippen LogP contribution in [0.2, 0.25) is 0 Å². The monoisotopic (exact) mass is 549 g/mol. The van der Waals surface area contributed by atoms with Gasteiger partial charge in [-0.1, -0.05) is 26.2 Å². The number of pyridine rings is 1. The topological polar surface area (TPSA) is 68.8 Å². The van der Waals surface area contributed by atoms with Crippen molar-refractivity contribution in [3.63, 3.8) is 0 Å². The van der Waals surface area contributed by atoms with Crippen molar-refractivity contribution in [1.29, 1.82) is 0 Å². The number of rotatable bonds is 5. The molecule has 3 atom stereocenters. The highest BCUT2D eigenvalue weighted by Gasteiger charge is 2.36. The Labute approximate surface area is 230 Å². The van der Waals surface area contributed by atoms with Crippen LogP contribution in [0.4, 0.5) is 19.0 Å². The van der Waals surface area contributed by atoms with Crippen LogP contribution >= 0.6 is 0 Å². The molecular formula is C29H42F3N5O2. The molecule has 2 saturated heterocycles. The Morgan fingerprint density at radius 2 is 1.79 bits per heavy atom. The highest BCUT2D eigenvalue weighted by atomic mass is 19.4. The fourth-order valence-electron chi connectivity index (χ4n) is 5.42. The van der Waals surface area contributed by atoms with Crippen LogP contribution in [-0.4, -0.2) is 78.0 Å². The van der Waals surface area contributed by atoms with Crippen molar-refractivity contribution in [2.24, 2.45) is 5.92 Å². The van der Waals surface area contributed by atoms with Gasteiger partial charge in [-0.3, -0.25) is 9.59 Å². The number of nitrogens with one attached hydrogen (secondary N) is 1. The number of likely N-dealkylation sites (tertiary alicyclic amines) is 1. The maximum Gasteiger partial charge on any atom is 0.416 e. The molecule has 2 aliphatic heterocycles. The molecule has 7 nitrogen and oxygen atoms in total. The summed E-state index contributed by atoms with van der Waals surface area (Å²) in [4.78, 5) is 35.1. The molecule has 4 rings (SSSR count). The summed E-state index contributed by atoms with van der Waals surface area (Å²) in [5.74, 6) is 6.37. The number of halogens is 3. The zero-order valence-electron chi connectivity index (χ0n) is 23.4. The van der Waals surface area contributed by atoms with Crippen molar-refractivity contribution in [3.05, 3.63) is 23.9 Å². The van der Waals surface area contributed by atoms with E-state index in [0.29, 0.717) is 51.5 Å². The fourth-order valence-corrected chi connectivity index (χ4v) is 5.42. The molecular weight excluding hydrogens is 507 g/mol. The fraction of sp³-hybridized carbons (Fsp3) is 0.690. The van der Waals surface area contributed by atoms with E-state index in [1.807, 2.05) is 9.80 Å². The Bertz CT molecular complexity index is 1010. The van der Waals surface area contributed by atoms with E-state index in [1.165, 1.54) is 12.6 Å². The molecule has 1 saturated carbocycles. The first-order chi connectivity index (χ1) is 18.7. The van der Waals surface area contributed by atoms with Crippen LogP contribution in [0.5, 0.6) is 0 Å². The molecule has 39 heavy (non-hydrogen) atoms. The van der Waals surface area contributed by atoms with E-state index in [4.69, 9.17) is 0 Å². The predicted molar refractivity (Wildman–Crippen MR) is 146 cm³/mol. The summed E-state index contributed by atoms with van der Waals surface area (Å²) < 4.78 is 39.1. The first-order valence-corrected chi connectivity index (χ1v) is 14.2. The first kappa shape index (κ1) is 30.7. The van der Waals surface area contributed by atoms with Gasteiger partial charge in [0.25, 0.3) is 0 Å². The normalized spacial score (nSPS) is 23.9. The second-order valence-electron chi connectivity index (χ2n) is 10.6. The van der Waals surface area contributed by atoms with Crippen LogP contribution in [0, 0.1) is 17.8 Å². The number of aromatic nitrogens is 1. The van der Waals surface area contributed by atoms with Gasteiger partial charge in [0.15, 0.2) is 0 Å². The average Bonchev–Trinajstić information content (AvgIpc) is 3.32. The zero-order chi connectivity index (χ0) is 28.4. The van der Waals surface area contributed by atoms with Gasteiger partial charge in [0.05, 0.1) is 12.1 Å². The number of nitrogens with zero attached hydrogens (tertiary/aromatic N) is 4. The number of alkyl halides is 3. The van der Waals surface area contributed by atoms with Gasteiger partial charge in [-0.2, -0.15) is 13.2 Å². The third-order valence-corrected chi connectivity index (χ3v) is 7.49. The zero-order valence-corrected chi connectivity index (χ0v) is 23.4. The molecule has 1 aliphatic carbocycles. The third-order valence-electron chi connectivity index (χ3n) is 7.49. The summed E-state index contributed by atoms with van der Waals surface area (Å²) >= 11 is 0. The summed E-state index contributed by atoms with van der Waals surface area (Å²) in [6.45, 7) is 9.09. The minimum absolute atomic E-state index is 0.0375. The van der Waals surface area contributed by atoms with E-state index in [1.54, 1.807) is 11.8 Å². The smallest absolute Gasteiger partial charge is 0.353 e. The molecule has 10 heteroatoms. The van der Waals surface area contributed by atoms with Gasteiger partial charge in [-0.15, -0.1) is 5.92 Å². The lowest BCUT2D eigenvalue weighted by molar-refractivity contribution is -0.137. The van der Waals surface area contributed by atoms with Crippen LogP contribution in [0.3, 0.4) is 0 Å². The van der Waals surface area contributed by atoms with Crippen LogP contribution in [0.15, 0.2) is 18.3 Å². The number of hydrogen-bond acceptors (Lipinski definition) is 5. The minimum atomic E-state index is -4.40. The van der Waals surface area contributed by atoms with E-state index >= 15 is 0 Å². The molecule has 2 amide bonds. The second kappa shape index (κ2) is 14.5. The Balaban J connectivity index is 0.00000134. The van der Waals surface area contributed by atoms with Crippen LogP contribution in [0.1, 0.15) is 71.3 Å². The largest absolute Gasteiger partial charge is 0.416 e. The van der Waals surface area contributed by atoms with Gasteiger partial charge in [-0.05, 0) is 51.2 Å². The van der Waals surface area contributed by atoms with Gasteiger partial charge in [-0.25, -0.2) is 4.98 Å². The molecule has 0 spiro atoms. The van der Waals surface area contributed by atoms with E-state index in [9.17, 15) is 22.8 Å². The SMILES string of the molecule is CC#CCN1CCC(NC2CCC(C(=O)N3CCN(c4cc(C(F)(F)F)ccn4)CC3)C2)CCC1=O.CCC. The molecule has 3 fully saturated rings. The summed E-state index contributed by atoms with van der Waals surface area (Å²) in [6, 6.07) is 2.56. The molecule has 0 aromatic carbocycles. The van der Waals surface area contributed by atoms with Gasteiger partial charge in [0.2, 0.25) is 11.8 Å². The Morgan fingerprint density at radius 3 is 2.46 bits per heavy atom. The molecule has 3 unspecified atom stereocenters. The van der Waals surface area contributed by atoms with E-state index in [2.05, 4.69) is 36.0 Å². The van der Waals surface area contributed by atoms with Crippen molar-refractivity contribution in [2.45, 2.75) is 84.0 Å². The Morgan fingerprint density at radius 1 is 1.08 bits per heavy atom. The molecule has 216 valence electrons. The van der Waals surface area contributed by atoms with E-state index < -0.39 is 11.7 Å². The van der Waals surface area contributed by atoms with Crippen molar-refractivity contribution in [3.8, 4) is 11.8 Å². The lowest BCUT2D eigenvalue weighted by Crippen LogP contribution is -2.50. The molecule has 3 heterocycles. The first-order valence-electron chi connectivity index (χ1n) is 14.2. The van der Waals surface area contributed by atoms with Gasteiger partial charge >= 0.3 is 6.18 Å². The Kier molecular flexibility index (Phi) is 11.5. The summed E-state index contributed by atoms with van der Waals surface area (Å²) in [6.07, 6.45) is 2.77. The predicted octanol–water partition coefficient (Wildman–Crippen LogP) is 4.33. The van der Waals surface area contributed by atoms with Gasteiger partial charge in [0.1, 0.15) is 5.82 Å². The number of piperazine rings is 1. The lowest BCUT2D eigenvalue weighted by atomic mass is 10.0. The molecule has 1 aromatic heterocycles. The highest BCUT2D eigenvalue weighted by molar-refractivity contribution is 5.79. The second-order valence-corrected chi connectivity index (χ2v) is 10.6. The maximum atomic E-state index is 13.2. The van der Waals surface area contributed by atoms with Gasteiger partial charge in [0, 0.05) is 63.3 Å². The van der Waals surface area contributed by atoms with Crippen LogP contribution in [0.25, 0.3) is 0 Å². The van der Waals surface area contributed by atoms with Crippen molar-refractivity contribution in [1.82, 2.24) is 20.1 Å². The van der Waals surface area contributed by atoms with Crippen LogP contribution in [-0.2, 0) is 15.8 Å². The molecule has 3 aliphatic rings. The van der Waals surface area contributed by atoms with Crippen LogP contribution < -0.4 is 10.2 Å².